The molecule has 0 spiro atoms. The maximum absolute atomic E-state index is 11.7. The molecule has 0 amide bonds. The Hall–Kier alpha value is -1.54. The van der Waals surface area contributed by atoms with Crippen LogP contribution in [0, 0.1) is 11.3 Å². The molecule has 1 unspecified atom stereocenters. The number of nitriles is 1. The SMILES string of the molecule is COC(=O)C1CCCN1c1ccc(C#N)c(Br)c1. The van der Waals surface area contributed by atoms with Gasteiger partial charge in [-0.05, 0) is 47.0 Å². The first-order valence-corrected chi connectivity index (χ1v) is 6.51. The molecule has 1 heterocycles. The van der Waals surface area contributed by atoms with Gasteiger partial charge in [0, 0.05) is 16.7 Å². The van der Waals surface area contributed by atoms with Crippen LogP contribution in [0.4, 0.5) is 5.69 Å². The van der Waals surface area contributed by atoms with E-state index in [9.17, 15) is 4.79 Å². The van der Waals surface area contributed by atoms with Gasteiger partial charge in [0.2, 0.25) is 0 Å². The summed E-state index contributed by atoms with van der Waals surface area (Å²) < 4.78 is 5.56. The van der Waals surface area contributed by atoms with E-state index in [2.05, 4.69) is 22.0 Å². The van der Waals surface area contributed by atoms with E-state index in [1.807, 2.05) is 17.0 Å². The molecule has 1 aromatic carbocycles. The highest BCUT2D eigenvalue weighted by molar-refractivity contribution is 9.10. The Kier molecular flexibility index (Phi) is 3.87. The third-order valence-corrected chi connectivity index (χ3v) is 3.79. The van der Waals surface area contributed by atoms with Crippen LogP contribution >= 0.6 is 15.9 Å². The van der Waals surface area contributed by atoms with Gasteiger partial charge in [0.05, 0.1) is 12.7 Å². The average molecular weight is 309 g/mol. The number of benzene rings is 1. The Bertz CT molecular complexity index is 510. The molecule has 4 nitrogen and oxygen atoms in total. The number of methoxy groups -OCH3 is 1. The fourth-order valence-electron chi connectivity index (χ4n) is 2.23. The molecule has 0 N–H and O–H groups in total. The molecule has 1 aliphatic rings. The molecule has 0 saturated carbocycles. The van der Waals surface area contributed by atoms with Gasteiger partial charge in [-0.3, -0.25) is 0 Å². The monoisotopic (exact) mass is 308 g/mol. The summed E-state index contributed by atoms with van der Waals surface area (Å²) in [6.45, 7) is 0.831. The number of hydrogen-bond acceptors (Lipinski definition) is 4. The van der Waals surface area contributed by atoms with Gasteiger partial charge < -0.3 is 9.64 Å². The van der Waals surface area contributed by atoms with E-state index in [1.165, 1.54) is 7.11 Å². The summed E-state index contributed by atoms with van der Waals surface area (Å²) >= 11 is 3.36. The molecule has 0 radical (unpaired) electrons. The number of ether oxygens (including phenoxy) is 1. The largest absolute Gasteiger partial charge is 0.467 e. The van der Waals surface area contributed by atoms with E-state index in [1.54, 1.807) is 6.07 Å². The Labute approximate surface area is 114 Å². The van der Waals surface area contributed by atoms with Crippen molar-refractivity contribution in [3.63, 3.8) is 0 Å². The van der Waals surface area contributed by atoms with Crippen molar-refractivity contribution in [1.29, 1.82) is 5.26 Å². The van der Waals surface area contributed by atoms with Crippen LogP contribution in [-0.4, -0.2) is 25.7 Å². The third kappa shape index (κ3) is 2.34. The number of halogens is 1. The molecule has 1 fully saturated rings. The molecular weight excluding hydrogens is 296 g/mol. The van der Waals surface area contributed by atoms with Gasteiger partial charge >= 0.3 is 5.97 Å². The maximum Gasteiger partial charge on any atom is 0.328 e. The van der Waals surface area contributed by atoms with E-state index in [4.69, 9.17) is 10.00 Å². The predicted molar refractivity (Wildman–Crippen MR) is 71.2 cm³/mol. The van der Waals surface area contributed by atoms with Gasteiger partial charge in [-0.2, -0.15) is 5.26 Å². The van der Waals surface area contributed by atoms with Crippen molar-refractivity contribution in [3.05, 3.63) is 28.2 Å². The Morgan fingerprint density at radius 2 is 2.39 bits per heavy atom. The van der Waals surface area contributed by atoms with Crippen LogP contribution in [-0.2, 0) is 9.53 Å². The summed E-state index contributed by atoms with van der Waals surface area (Å²) in [4.78, 5) is 13.7. The normalized spacial score (nSPS) is 18.5. The number of carbonyl (C=O) groups excluding carboxylic acids is 1. The van der Waals surface area contributed by atoms with Crippen molar-refractivity contribution in [2.24, 2.45) is 0 Å². The highest BCUT2D eigenvalue weighted by Gasteiger charge is 2.31. The highest BCUT2D eigenvalue weighted by atomic mass is 79.9. The van der Waals surface area contributed by atoms with Crippen LogP contribution in [0.25, 0.3) is 0 Å². The summed E-state index contributed by atoms with van der Waals surface area (Å²) in [5.74, 6) is -0.201. The van der Waals surface area contributed by atoms with Gasteiger partial charge in [-0.15, -0.1) is 0 Å². The zero-order chi connectivity index (χ0) is 13.1. The van der Waals surface area contributed by atoms with Crippen molar-refractivity contribution in [2.45, 2.75) is 18.9 Å². The minimum Gasteiger partial charge on any atom is -0.467 e. The molecule has 1 saturated heterocycles. The summed E-state index contributed by atoms with van der Waals surface area (Å²) in [5, 5.41) is 8.89. The predicted octanol–water partition coefficient (Wildman–Crippen LogP) is 2.46. The van der Waals surface area contributed by atoms with Gasteiger partial charge in [0.25, 0.3) is 0 Å². The van der Waals surface area contributed by atoms with Crippen molar-refractivity contribution >= 4 is 27.6 Å². The second-order valence-corrected chi connectivity index (χ2v) is 5.00. The summed E-state index contributed by atoms with van der Waals surface area (Å²) in [6.07, 6.45) is 1.78. The summed E-state index contributed by atoms with van der Waals surface area (Å²) in [6, 6.07) is 7.38. The first-order chi connectivity index (χ1) is 8.67. The zero-order valence-electron chi connectivity index (χ0n) is 10.0. The Balaban J connectivity index is 2.28. The molecule has 1 atom stereocenters. The van der Waals surface area contributed by atoms with Crippen LogP contribution in [0.15, 0.2) is 22.7 Å². The Morgan fingerprint density at radius 3 is 3.00 bits per heavy atom. The lowest BCUT2D eigenvalue weighted by atomic mass is 10.2. The molecule has 0 aliphatic carbocycles. The van der Waals surface area contributed by atoms with E-state index in [-0.39, 0.29) is 12.0 Å². The van der Waals surface area contributed by atoms with E-state index >= 15 is 0 Å². The fourth-order valence-corrected chi connectivity index (χ4v) is 2.69. The van der Waals surface area contributed by atoms with Crippen LogP contribution in [0.5, 0.6) is 0 Å². The molecule has 94 valence electrons. The van der Waals surface area contributed by atoms with Crippen LogP contribution in [0.3, 0.4) is 0 Å². The maximum atomic E-state index is 11.7. The number of nitrogens with zero attached hydrogens (tertiary/aromatic N) is 2. The lowest BCUT2D eigenvalue weighted by molar-refractivity contribution is -0.141. The quantitative estimate of drug-likeness (QED) is 0.788. The number of hydrogen-bond donors (Lipinski definition) is 0. The number of carbonyl (C=O) groups is 1. The van der Waals surface area contributed by atoms with E-state index < -0.39 is 0 Å². The van der Waals surface area contributed by atoms with E-state index in [0.717, 1.165) is 29.5 Å². The topological polar surface area (TPSA) is 53.3 Å². The molecule has 0 bridgehead atoms. The van der Waals surface area contributed by atoms with Crippen LogP contribution in [0.2, 0.25) is 0 Å². The smallest absolute Gasteiger partial charge is 0.328 e. The second kappa shape index (κ2) is 5.40. The molecule has 5 heteroatoms. The number of rotatable bonds is 2. The van der Waals surface area contributed by atoms with Crippen LogP contribution < -0.4 is 4.90 Å². The average Bonchev–Trinajstić information content (AvgIpc) is 2.86. The van der Waals surface area contributed by atoms with Crippen molar-refractivity contribution in [1.82, 2.24) is 0 Å². The minimum atomic E-state index is -0.213. The highest BCUT2D eigenvalue weighted by Crippen LogP contribution is 2.29. The molecule has 0 aromatic heterocycles. The summed E-state index contributed by atoms with van der Waals surface area (Å²) in [7, 11) is 1.41. The summed E-state index contributed by atoms with van der Waals surface area (Å²) in [5.41, 5.74) is 1.53. The molecule has 2 rings (SSSR count). The zero-order valence-corrected chi connectivity index (χ0v) is 11.6. The van der Waals surface area contributed by atoms with Gasteiger partial charge in [0.1, 0.15) is 12.1 Å². The van der Waals surface area contributed by atoms with Gasteiger partial charge in [0.15, 0.2) is 0 Å². The van der Waals surface area contributed by atoms with Gasteiger partial charge in [-0.1, -0.05) is 0 Å². The molecular formula is C13H13BrN2O2. The van der Waals surface area contributed by atoms with Crippen molar-refractivity contribution < 1.29 is 9.53 Å². The van der Waals surface area contributed by atoms with E-state index in [0.29, 0.717) is 5.56 Å². The second-order valence-electron chi connectivity index (χ2n) is 4.15. The minimum absolute atomic E-state index is 0.201. The first kappa shape index (κ1) is 12.9. The lowest BCUT2D eigenvalue weighted by Gasteiger charge is -2.25. The van der Waals surface area contributed by atoms with Crippen LogP contribution in [0.1, 0.15) is 18.4 Å². The fraction of sp³-hybridized carbons (Fsp3) is 0.385. The lowest BCUT2D eigenvalue weighted by Crippen LogP contribution is -2.36. The first-order valence-electron chi connectivity index (χ1n) is 5.71. The van der Waals surface area contributed by atoms with Crippen molar-refractivity contribution in [2.75, 3.05) is 18.6 Å². The number of esters is 1. The van der Waals surface area contributed by atoms with Crippen molar-refractivity contribution in [3.8, 4) is 6.07 Å². The Morgan fingerprint density at radius 1 is 1.61 bits per heavy atom. The van der Waals surface area contributed by atoms with Gasteiger partial charge in [-0.25, -0.2) is 4.79 Å². The number of anilines is 1. The molecule has 18 heavy (non-hydrogen) atoms. The third-order valence-electron chi connectivity index (χ3n) is 3.13. The molecule has 1 aromatic rings. The standard InChI is InChI=1S/C13H13BrN2O2/c1-18-13(17)12-3-2-6-16(12)10-5-4-9(8-15)11(14)7-10/h4-5,7,12H,2-3,6H2,1H3. The molecule has 1 aliphatic heterocycles.